The molecular weight excluding hydrogens is 688 g/mol. The quantitative estimate of drug-likeness (QED) is 0.0894. The average Bonchev–Trinajstić information content (AvgIpc) is 3.21. The zero-order chi connectivity index (χ0) is 38.0. The van der Waals surface area contributed by atoms with Crippen LogP contribution in [0.1, 0.15) is 82.6 Å². The Morgan fingerprint density at radius 2 is 0.868 bits per heavy atom. The van der Waals surface area contributed by atoms with Crippen LogP contribution in [-0.4, -0.2) is 149 Å². The molecule has 0 aliphatic carbocycles. The Hall–Kier alpha value is -1.30. The Kier molecular flexibility index (Phi) is 39.3. The molecule has 0 radical (unpaired) electrons. The van der Waals surface area contributed by atoms with Gasteiger partial charge in [0.25, 0.3) is 0 Å². The van der Waals surface area contributed by atoms with Gasteiger partial charge in [-0.1, -0.05) is 30.3 Å². The molecule has 0 saturated carbocycles. The van der Waals surface area contributed by atoms with Gasteiger partial charge in [0.05, 0.1) is 85.9 Å². The summed E-state index contributed by atoms with van der Waals surface area (Å²) in [7, 11) is 1.00. The van der Waals surface area contributed by atoms with Gasteiger partial charge in [0, 0.05) is 46.8 Å². The van der Waals surface area contributed by atoms with Crippen molar-refractivity contribution in [2.45, 2.75) is 96.2 Å². The molecule has 312 valence electrons. The van der Waals surface area contributed by atoms with Crippen molar-refractivity contribution in [2.75, 3.05) is 126 Å². The molecule has 0 bridgehead atoms. The molecule has 2 heterocycles. The third-order valence-corrected chi connectivity index (χ3v) is 7.96. The Labute approximate surface area is 320 Å². The summed E-state index contributed by atoms with van der Waals surface area (Å²) >= 11 is 0. The van der Waals surface area contributed by atoms with Crippen LogP contribution >= 0.6 is 0 Å². The molecule has 1 aromatic carbocycles. The molecule has 2 N–H and O–H groups in total. The van der Waals surface area contributed by atoms with E-state index in [1.54, 1.807) is 0 Å². The Morgan fingerprint density at radius 3 is 1.28 bits per heavy atom. The maximum absolute atomic E-state index is 8.51. The van der Waals surface area contributed by atoms with E-state index in [-0.39, 0.29) is 19.2 Å². The van der Waals surface area contributed by atoms with Gasteiger partial charge >= 0.3 is 0 Å². The van der Waals surface area contributed by atoms with Crippen molar-refractivity contribution in [2.24, 2.45) is 0 Å². The van der Waals surface area contributed by atoms with Crippen molar-refractivity contribution in [3.63, 3.8) is 0 Å². The normalized spacial score (nSPS) is 17.1. The molecule has 3 rings (SSSR count). The van der Waals surface area contributed by atoms with Gasteiger partial charge in [-0.3, -0.25) is 0 Å². The van der Waals surface area contributed by atoms with Crippen LogP contribution in [0.3, 0.4) is 0 Å². The number of unbranched alkanes of at least 4 members (excludes halogenated alkanes) is 4. The van der Waals surface area contributed by atoms with Crippen molar-refractivity contribution >= 4 is 0 Å². The van der Waals surface area contributed by atoms with E-state index >= 15 is 0 Å². The zero-order valence-corrected chi connectivity index (χ0v) is 32.8. The summed E-state index contributed by atoms with van der Waals surface area (Å²) in [6.45, 7) is 11.7. The molecule has 13 heteroatoms. The van der Waals surface area contributed by atoms with Crippen LogP contribution in [-0.2, 0) is 58.7 Å². The fourth-order valence-corrected chi connectivity index (χ4v) is 5.11. The van der Waals surface area contributed by atoms with Gasteiger partial charge in [0.15, 0.2) is 12.6 Å². The highest BCUT2D eigenvalue weighted by Crippen LogP contribution is 2.15. The highest BCUT2D eigenvalue weighted by atomic mass is 16.7. The van der Waals surface area contributed by atoms with Gasteiger partial charge < -0.3 is 62.3 Å². The number of aliphatic hydroxyl groups is 2. The summed E-state index contributed by atoms with van der Waals surface area (Å²) < 4.78 is 60.4. The molecule has 2 atom stereocenters. The van der Waals surface area contributed by atoms with Gasteiger partial charge in [-0.2, -0.15) is 0 Å². The van der Waals surface area contributed by atoms with E-state index in [2.05, 4.69) is 12.1 Å². The van der Waals surface area contributed by atoms with Crippen LogP contribution in [0.2, 0.25) is 0 Å². The van der Waals surface area contributed by atoms with Crippen LogP contribution < -0.4 is 0 Å². The molecule has 0 aromatic heterocycles. The van der Waals surface area contributed by atoms with Crippen LogP contribution in [0.5, 0.6) is 0 Å². The molecule has 2 aliphatic heterocycles. The van der Waals surface area contributed by atoms with Crippen molar-refractivity contribution in [3.8, 4) is 0 Å². The van der Waals surface area contributed by atoms with Gasteiger partial charge in [0.1, 0.15) is 0 Å². The number of ether oxygens (including phenoxy) is 11. The van der Waals surface area contributed by atoms with Crippen LogP contribution in [0, 0.1) is 0 Å². The number of benzene rings is 1. The van der Waals surface area contributed by atoms with Crippen molar-refractivity contribution in [1.29, 1.82) is 0 Å². The fourth-order valence-electron chi connectivity index (χ4n) is 5.11. The Balaban J connectivity index is 0.000000525. The van der Waals surface area contributed by atoms with E-state index in [0.717, 1.165) is 111 Å². The predicted octanol–water partition coefficient (Wildman–Crippen LogP) is 5.32. The lowest BCUT2D eigenvalue weighted by molar-refractivity contribution is -0.163. The SMILES string of the molecule is CO.OCCOCCOCCOCCCCCOC1CCCCO1.c1ccc(COCCOCCOCCOCCCCCOC2CCCCO2)cc1. The topological polar surface area (TPSA) is 142 Å². The molecule has 2 aliphatic rings. The van der Waals surface area contributed by atoms with Gasteiger partial charge in [-0.15, -0.1) is 0 Å². The van der Waals surface area contributed by atoms with E-state index < -0.39 is 0 Å². The minimum Gasteiger partial charge on any atom is -0.400 e. The lowest BCUT2D eigenvalue weighted by Gasteiger charge is -2.22. The molecular formula is C40H74O13. The second-order valence-corrected chi connectivity index (χ2v) is 12.4. The van der Waals surface area contributed by atoms with Crippen molar-refractivity contribution in [3.05, 3.63) is 35.9 Å². The van der Waals surface area contributed by atoms with Gasteiger partial charge in [-0.05, 0) is 82.6 Å². The first kappa shape index (κ1) is 49.7. The Morgan fingerprint density at radius 1 is 0.472 bits per heavy atom. The molecule has 0 spiro atoms. The summed E-state index contributed by atoms with van der Waals surface area (Å²) in [5.74, 6) is 0. The maximum Gasteiger partial charge on any atom is 0.157 e. The highest BCUT2D eigenvalue weighted by molar-refractivity contribution is 5.13. The highest BCUT2D eigenvalue weighted by Gasteiger charge is 2.14. The van der Waals surface area contributed by atoms with E-state index in [1.165, 1.54) is 18.4 Å². The third-order valence-electron chi connectivity index (χ3n) is 7.96. The molecule has 2 saturated heterocycles. The minimum absolute atomic E-state index is 0.0305. The van der Waals surface area contributed by atoms with E-state index in [4.69, 9.17) is 62.3 Å². The number of hydrogen-bond acceptors (Lipinski definition) is 13. The molecule has 2 unspecified atom stereocenters. The standard InChI is InChI=1S/C23H38O6.C16H32O6.CH4O/c1-3-9-22(10-4-1)21-27-20-19-26-18-17-25-16-15-24-12-6-2-7-13-28-23-11-5-8-14-29-23;17-7-11-19-13-15-20-14-12-18-8-3-1-4-9-21-16-6-2-5-10-22-16;1-2/h1,3-4,9-10,23H,2,5-8,11-21H2;16-17H,1-15H2;2H,1H3. The summed E-state index contributed by atoms with van der Waals surface area (Å²) in [4.78, 5) is 0. The van der Waals surface area contributed by atoms with Crippen LogP contribution in [0.25, 0.3) is 0 Å². The van der Waals surface area contributed by atoms with E-state index in [0.29, 0.717) is 79.3 Å². The fraction of sp³-hybridized carbons (Fsp3) is 0.850. The summed E-state index contributed by atoms with van der Waals surface area (Å²) in [5, 5.41) is 15.5. The van der Waals surface area contributed by atoms with E-state index in [9.17, 15) is 0 Å². The van der Waals surface area contributed by atoms with Crippen LogP contribution in [0.15, 0.2) is 30.3 Å². The van der Waals surface area contributed by atoms with Gasteiger partial charge in [0.2, 0.25) is 0 Å². The summed E-state index contributed by atoms with van der Waals surface area (Å²) in [6.07, 6.45) is 13.4. The third kappa shape index (κ3) is 34.9. The Bertz CT molecular complexity index is 811. The second-order valence-electron chi connectivity index (χ2n) is 12.4. The van der Waals surface area contributed by atoms with Crippen molar-refractivity contribution in [1.82, 2.24) is 0 Å². The van der Waals surface area contributed by atoms with E-state index in [1.807, 2.05) is 18.2 Å². The summed E-state index contributed by atoms with van der Waals surface area (Å²) in [5.41, 5.74) is 1.18. The maximum atomic E-state index is 8.51. The molecule has 1 aromatic rings. The zero-order valence-electron chi connectivity index (χ0n) is 32.8. The molecule has 13 nitrogen and oxygen atoms in total. The summed E-state index contributed by atoms with van der Waals surface area (Å²) in [6, 6.07) is 10.1. The van der Waals surface area contributed by atoms with Crippen molar-refractivity contribution < 1.29 is 62.3 Å². The van der Waals surface area contributed by atoms with Crippen LogP contribution in [0.4, 0.5) is 0 Å². The predicted molar refractivity (Wildman–Crippen MR) is 203 cm³/mol. The average molecular weight is 763 g/mol. The van der Waals surface area contributed by atoms with Gasteiger partial charge in [-0.25, -0.2) is 0 Å². The lowest BCUT2D eigenvalue weighted by atomic mass is 10.2. The smallest absolute Gasteiger partial charge is 0.157 e. The molecule has 0 amide bonds. The second kappa shape index (κ2) is 41.9. The monoisotopic (exact) mass is 763 g/mol. The number of rotatable bonds is 33. The molecule has 53 heavy (non-hydrogen) atoms. The molecule has 2 fully saturated rings. The number of hydrogen-bond donors (Lipinski definition) is 2. The first-order valence-electron chi connectivity index (χ1n) is 20.0. The number of aliphatic hydroxyl groups excluding tert-OH is 2. The largest absolute Gasteiger partial charge is 0.400 e. The minimum atomic E-state index is 0.0305. The first-order valence-corrected chi connectivity index (χ1v) is 20.0. The lowest BCUT2D eigenvalue weighted by Crippen LogP contribution is -2.22. The first-order chi connectivity index (χ1) is 26.4.